The third kappa shape index (κ3) is 2.90. The second kappa shape index (κ2) is 6.21. The summed E-state index contributed by atoms with van der Waals surface area (Å²) in [7, 11) is -1.18. The number of hydrogen-bond donors (Lipinski definition) is 2. The highest BCUT2D eigenvalue weighted by Crippen LogP contribution is 2.55. The van der Waals surface area contributed by atoms with E-state index in [0.717, 1.165) is 7.11 Å². The topological polar surface area (TPSA) is 129 Å². The van der Waals surface area contributed by atoms with Gasteiger partial charge in [0, 0.05) is 32.4 Å². The van der Waals surface area contributed by atoms with Crippen LogP contribution in [0.2, 0.25) is 0 Å². The number of hydrogen-bond acceptors (Lipinski definition) is 7. The number of rotatable bonds is 6. The fourth-order valence-corrected chi connectivity index (χ4v) is 4.52. The van der Waals surface area contributed by atoms with E-state index in [1.807, 2.05) is 0 Å². The lowest BCUT2D eigenvalue weighted by Crippen LogP contribution is -2.44. The molecule has 3 rings (SSSR count). The molecule has 11 heteroatoms. The summed E-state index contributed by atoms with van der Waals surface area (Å²) >= 11 is 0. The maximum atomic E-state index is 12.0. The number of methoxy groups -OCH3 is 1. The van der Waals surface area contributed by atoms with E-state index in [0.29, 0.717) is 0 Å². The molecule has 2 aliphatic heterocycles. The highest BCUT2D eigenvalue weighted by atomic mass is 31.2. The van der Waals surface area contributed by atoms with Gasteiger partial charge in [0.1, 0.15) is 11.7 Å². The smallest absolute Gasteiger partial charge is 0.330 e. The molecule has 1 aromatic heterocycles. The molecule has 0 saturated carbocycles. The summed E-state index contributed by atoms with van der Waals surface area (Å²) < 4.78 is 34.8. The third-order valence-corrected chi connectivity index (χ3v) is 5.88. The molecule has 134 valence electrons. The largest absolute Gasteiger partial charge is 0.382 e. The van der Waals surface area contributed by atoms with E-state index in [1.54, 1.807) is 0 Å². The van der Waals surface area contributed by atoms with Gasteiger partial charge in [-0.25, -0.2) is 4.79 Å². The van der Waals surface area contributed by atoms with Crippen molar-refractivity contribution < 1.29 is 28.2 Å². The van der Waals surface area contributed by atoms with Crippen molar-refractivity contribution in [1.82, 2.24) is 9.55 Å². The second-order valence-corrected chi connectivity index (χ2v) is 7.91. The zero-order valence-corrected chi connectivity index (χ0v) is 14.1. The lowest BCUT2D eigenvalue weighted by molar-refractivity contribution is -0.189. The predicted molar refractivity (Wildman–Crippen MR) is 81.0 cm³/mol. The number of ether oxygens (including phenoxy) is 3. The summed E-state index contributed by atoms with van der Waals surface area (Å²) in [5.74, 6) is -0.503. The number of aromatic nitrogens is 2. The van der Waals surface area contributed by atoms with Crippen molar-refractivity contribution in [2.24, 2.45) is 5.92 Å². The molecule has 2 fully saturated rings. The number of nitrogens with zero attached hydrogens (tertiary/aromatic N) is 1. The van der Waals surface area contributed by atoms with Crippen LogP contribution in [0.4, 0.5) is 0 Å². The normalized spacial score (nSPS) is 34.4. The Morgan fingerprint density at radius 3 is 2.88 bits per heavy atom. The van der Waals surface area contributed by atoms with E-state index in [1.165, 1.54) is 23.9 Å². The average Bonchev–Trinajstić information content (AvgIpc) is 2.98. The molecule has 2 bridgehead atoms. The van der Waals surface area contributed by atoms with Crippen molar-refractivity contribution in [3.05, 3.63) is 33.1 Å². The maximum Gasteiger partial charge on any atom is 0.330 e. The SMILES string of the molecule is COC[C@@]12COC(C(n3ccc(=O)[nH]c3=O)O1)[C@H]2CP(=O)(O)OC. The first-order valence-electron chi connectivity index (χ1n) is 7.29. The highest BCUT2D eigenvalue weighted by molar-refractivity contribution is 7.52. The monoisotopic (exact) mass is 362 g/mol. The Morgan fingerprint density at radius 2 is 2.25 bits per heavy atom. The first-order valence-corrected chi connectivity index (χ1v) is 9.05. The minimum atomic E-state index is -3.82. The van der Waals surface area contributed by atoms with E-state index in [9.17, 15) is 19.0 Å². The van der Waals surface area contributed by atoms with Crippen molar-refractivity contribution >= 4 is 7.60 Å². The van der Waals surface area contributed by atoms with Crippen molar-refractivity contribution in [1.29, 1.82) is 0 Å². The van der Waals surface area contributed by atoms with Crippen LogP contribution in [0.1, 0.15) is 6.23 Å². The molecule has 0 amide bonds. The Balaban J connectivity index is 1.97. The number of fused-ring (bicyclic) bond motifs is 2. The Kier molecular flexibility index (Phi) is 4.54. The predicted octanol–water partition coefficient (Wildman–Crippen LogP) is -0.703. The minimum absolute atomic E-state index is 0.131. The molecule has 0 aliphatic carbocycles. The summed E-state index contributed by atoms with van der Waals surface area (Å²) in [4.78, 5) is 35.2. The van der Waals surface area contributed by atoms with Gasteiger partial charge in [-0.3, -0.25) is 18.9 Å². The first-order chi connectivity index (χ1) is 11.3. The third-order valence-electron chi connectivity index (χ3n) is 4.46. The van der Waals surface area contributed by atoms with Gasteiger partial charge in [0.05, 0.1) is 19.4 Å². The van der Waals surface area contributed by atoms with Gasteiger partial charge < -0.3 is 23.6 Å². The van der Waals surface area contributed by atoms with Gasteiger partial charge in [0.25, 0.3) is 5.56 Å². The van der Waals surface area contributed by atoms with Gasteiger partial charge >= 0.3 is 13.3 Å². The summed E-state index contributed by atoms with van der Waals surface area (Å²) in [6.07, 6.45) is -0.353. The van der Waals surface area contributed by atoms with Gasteiger partial charge in [0.2, 0.25) is 0 Å². The lowest BCUT2D eigenvalue weighted by atomic mass is 9.91. The molecule has 1 aromatic rings. The molecular weight excluding hydrogens is 343 g/mol. The fraction of sp³-hybridized carbons (Fsp3) is 0.692. The fourth-order valence-electron chi connectivity index (χ4n) is 3.33. The van der Waals surface area contributed by atoms with Crippen LogP contribution in [-0.4, -0.2) is 59.7 Å². The van der Waals surface area contributed by atoms with Gasteiger partial charge in [-0.1, -0.05) is 0 Å². The van der Waals surface area contributed by atoms with Crippen LogP contribution >= 0.6 is 7.60 Å². The number of nitrogens with one attached hydrogen (secondary N) is 1. The van der Waals surface area contributed by atoms with E-state index in [4.69, 9.17) is 14.2 Å². The zero-order chi connectivity index (χ0) is 17.5. The molecule has 2 aliphatic rings. The Labute approximate surface area is 136 Å². The molecule has 10 nitrogen and oxygen atoms in total. The van der Waals surface area contributed by atoms with E-state index in [2.05, 4.69) is 9.51 Å². The maximum absolute atomic E-state index is 12.0. The van der Waals surface area contributed by atoms with E-state index >= 15 is 0 Å². The molecule has 0 radical (unpaired) electrons. The summed E-state index contributed by atoms with van der Waals surface area (Å²) in [5.41, 5.74) is -2.13. The Bertz CT molecular complexity index is 776. The zero-order valence-electron chi connectivity index (χ0n) is 13.2. The van der Waals surface area contributed by atoms with Crippen LogP contribution in [0, 0.1) is 5.92 Å². The molecule has 2 saturated heterocycles. The lowest BCUT2D eigenvalue weighted by Gasteiger charge is -2.31. The van der Waals surface area contributed by atoms with Crippen LogP contribution in [0.25, 0.3) is 0 Å². The second-order valence-electron chi connectivity index (χ2n) is 5.91. The van der Waals surface area contributed by atoms with Gasteiger partial charge in [-0.15, -0.1) is 0 Å². The van der Waals surface area contributed by atoms with Crippen molar-refractivity contribution in [2.45, 2.75) is 17.9 Å². The van der Waals surface area contributed by atoms with Gasteiger partial charge in [-0.2, -0.15) is 0 Å². The number of aromatic amines is 1. The van der Waals surface area contributed by atoms with Crippen LogP contribution in [0.3, 0.4) is 0 Å². The molecule has 3 unspecified atom stereocenters. The minimum Gasteiger partial charge on any atom is -0.382 e. The molecule has 0 aromatic carbocycles. The highest BCUT2D eigenvalue weighted by Gasteiger charge is 2.63. The Hall–Kier alpha value is -1.29. The Morgan fingerprint density at radius 1 is 1.50 bits per heavy atom. The van der Waals surface area contributed by atoms with Gasteiger partial charge in [-0.05, 0) is 0 Å². The van der Waals surface area contributed by atoms with Crippen molar-refractivity contribution in [3.63, 3.8) is 0 Å². The molecule has 2 N–H and O–H groups in total. The van der Waals surface area contributed by atoms with Crippen LogP contribution in [0.15, 0.2) is 21.9 Å². The summed E-state index contributed by atoms with van der Waals surface area (Å²) in [5, 5.41) is 0. The van der Waals surface area contributed by atoms with Gasteiger partial charge in [0.15, 0.2) is 6.23 Å². The van der Waals surface area contributed by atoms with Crippen molar-refractivity contribution in [2.75, 3.05) is 33.6 Å². The van der Waals surface area contributed by atoms with E-state index < -0.39 is 42.7 Å². The summed E-state index contributed by atoms with van der Waals surface area (Å²) in [6.45, 7) is 0.307. The molecule has 5 atom stereocenters. The van der Waals surface area contributed by atoms with Crippen LogP contribution < -0.4 is 11.2 Å². The first kappa shape index (κ1) is 17.5. The van der Waals surface area contributed by atoms with E-state index in [-0.39, 0.29) is 19.4 Å². The molecule has 0 spiro atoms. The molecular formula is C13H19N2O8P. The standard InChI is InChI=1S/C13H19N2O8P/c1-20-6-13-7-22-10(8(13)5-24(18,19)21-2)11(23-13)15-4-3-9(16)14-12(15)17/h3-4,8,10-11H,5-7H2,1-2H3,(H,18,19)(H,14,16,17)/t8-,10?,11?,13+/m1/s1. The van der Waals surface area contributed by atoms with Crippen molar-refractivity contribution in [3.8, 4) is 0 Å². The summed E-state index contributed by atoms with van der Waals surface area (Å²) in [6, 6.07) is 1.20. The molecule has 3 heterocycles. The number of H-pyrrole nitrogens is 1. The quantitative estimate of drug-likeness (QED) is 0.636. The molecule has 24 heavy (non-hydrogen) atoms. The average molecular weight is 362 g/mol. The van der Waals surface area contributed by atoms with Crippen LogP contribution in [-0.2, 0) is 23.3 Å². The van der Waals surface area contributed by atoms with Crippen LogP contribution in [0.5, 0.6) is 0 Å².